The molecule has 1 unspecified atom stereocenters. The minimum absolute atomic E-state index is 0. The molecular weight excluding hydrogens is 435 g/mol. The maximum absolute atomic E-state index is 8.81. The maximum atomic E-state index is 8.81. The van der Waals surface area contributed by atoms with Crippen LogP contribution >= 0.6 is 35.6 Å². The van der Waals surface area contributed by atoms with Crippen molar-refractivity contribution < 1.29 is 0 Å². The van der Waals surface area contributed by atoms with Crippen LogP contribution in [0.2, 0.25) is 5.02 Å². The standard InChI is InChI=1S/C18H19ClN4.HI/c1-13(16-5-3-4-6-17(16)19)23-18(21-2)22-12-15-9-7-14(11-20)8-10-15;/h3-10,13H,12H2,1-2H3,(H2,21,22,23);1H. The van der Waals surface area contributed by atoms with Gasteiger partial charge in [-0.3, -0.25) is 4.99 Å². The Kier molecular flexibility index (Phi) is 8.58. The minimum Gasteiger partial charge on any atom is -0.352 e. The van der Waals surface area contributed by atoms with Crippen molar-refractivity contribution in [1.29, 1.82) is 5.26 Å². The average molecular weight is 455 g/mol. The number of benzene rings is 2. The predicted octanol–water partition coefficient (Wildman–Crippen LogP) is 4.26. The lowest BCUT2D eigenvalue weighted by molar-refractivity contribution is 0.685. The van der Waals surface area contributed by atoms with Gasteiger partial charge in [-0.05, 0) is 36.2 Å². The van der Waals surface area contributed by atoms with Crippen molar-refractivity contribution >= 4 is 41.5 Å². The van der Waals surface area contributed by atoms with Gasteiger partial charge in [0.05, 0.1) is 17.7 Å². The molecule has 6 heteroatoms. The zero-order valence-corrected chi connectivity index (χ0v) is 16.7. The van der Waals surface area contributed by atoms with Crippen LogP contribution in [0.3, 0.4) is 0 Å². The number of nitrogens with one attached hydrogen (secondary N) is 2. The van der Waals surface area contributed by atoms with Crippen molar-refractivity contribution in [3.8, 4) is 6.07 Å². The summed E-state index contributed by atoms with van der Waals surface area (Å²) in [5, 5.41) is 16.1. The molecular formula is C18H20ClIN4. The highest BCUT2D eigenvalue weighted by Gasteiger charge is 2.10. The number of rotatable bonds is 4. The first-order valence-corrected chi connectivity index (χ1v) is 7.72. The number of nitrogens with zero attached hydrogens (tertiary/aromatic N) is 2. The zero-order valence-electron chi connectivity index (χ0n) is 13.6. The Bertz CT molecular complexity index is 723. The summed E-state index contributed by atoms with van der Waals surface area (Å²) >= 11 is 6.22. The summed E-state index contributed by atoms with van der Waals surface area (Å²) in [4.78, 5) is 4.23. The smallest absolute Gasteiger partial charge is 0.191 e. The first-order chi connectivity index (χ1) is 11.1. The molecule has 0 aliphatic rings. The van der Waals surface area contributed by atoms with Crippen LogP contribution in [-0.4, -0.2) is 13.0 Å². The highest BCUT2D eigenvalue weighted by atomic mass is 127. The second-order valence-corrected chi connectivity index (χ2v) is 5.53. The first kappa shape index (κ1) is 20.3. The molecule has 0 saturated heterocycles. The monoisotopic (exact) mass is 454 g/mol. The lowest BCUT2D eigenvalue weighted by Crippen LogP contribution is -2.38. The third kappa shape index (κ3) is 5.69. The highest BCUT2D eigenvalue weighted by Crippen LogP contribution is 2.21. The van der Waals surface area contributed by atoms with Gasteiger partial charge in [0.1, 0.15) is 0 Å². The number of halogens is 2. The van der Waals surface area contributed by atoms with Crippen molar-refractivity contribution in [2.45, 2.75) is 19.5 Å². The molecule has 2 aromatic carbocycles. The van der Waals surface area contributed by atoms with Gasteiger partial charge in [-0.25, -0.2) is 0 Å². The van der Waals surface area contributed by atoms with Gasteiger partial charge in [-0.2, -0.15) is 5.26 Å². The van der Waals surface area contributed by atoms with E-state index in [0.29, 0.717) is 18.1 Å². The Morgan fingerprint density at radius 2 is 1.88 bits per heavy atom. The second-order valence-electron chi connectivity index (χ2n) is 5.12. The maximum Gasteiger partial charge on any atom is 0.191 e. The Morgan fingerprint density at radius 1 is 1.21 bits per heavy atom. The molecule has 2 rings (SSSR count). The number of aliphatic imine (C=N–C) groups is 1. The zero-order chi connectivity index (χ0) is 16.7. The molecule has 126 valence electrons. The minimum atomic E-state index is 0. The van der Waals surface area contributed by atoms with Crippen LogP contribution < -0.4 is 10.6 Å². The Labute approximate surface area is 165 Å². The van der Waals surface area contributed by atoms with Gasteiger partial charge in [0.15, 0.2) is 5.96 Å². The summed E-state index contributed by atoms with van der Waals surface area (Å²) in [6, 6.07) is 17.4. The summed E-state index contributed by atoms with van der Waals surface area (Å²) in [5.41, 5.74) is 2.76. The van der Waals surface area contributed by atoms with Crippen molar-refractivity contribution in [2.75, 3.05) is 7.05 Å². The third-order valence-corrected chi connectivity index (χ3v) is 3.84. The van der Waals surface area contributed by atoms with Crippen LogP contribution in [0, 0.1) is 11.3 Å². The molecule has 1 atom stereocenters. The average Bonchev–Trinajstić information content (AvgIpc) is 2.59. The molecule has 0 aliphatic carbocycles. The van der Waals surface area contributed by atoms with Crippen molar-refractivity contribution in [1.82, 2.24) is 10.6 Å². The van der Waals surface area contributed by atoms with Crippen LogP contribution in [-0.2, 0) is 6.54 Å². The van der Waals surface area contributed by atoms with E-state index in [2.05, 4.69) is 21.7 Å². The highest BCUT2D eigenvalue weighted by molar-refractivity contribution is 14.0. The topological polar surface area (TPSA) is 60.2 Å². The van der Waals surface area contributed by atoms with Crippen LogP contribution in [0.4, 0.5) is 0 Å². The molecule has 2 N–H and O–H groups in total. The van der Waals surface area contributed by atoms with Crippen molar-refractivity contribution in [3.63, 3.8) is 0 Å². The van der Waals surface area contributed by atoms with E-state index in [0.717, 1.165) is 16.1 Å². The van der Waals surface area contributed by atoms with Crippen molar-refractivity contribution in [3.05, 3.63) is 70.2 Å². The van der Waals surface area contributed by atoms with Crippen LogP contribution in [0.25, 0.3) is 0 Å². The summed E-state index contributed by atoms with van der Waals surface area (Å²) in [5.74, 6) is 0.696. The predicted molar refractivity (Wildman–Crippen MR) is 110 cm³/mol. The van der Waals surface area contributed by atoms with E-state index >= 15 is 0 Å². The molecule has 0 aromatic heterocycles. The molecule has 0 spiro atoms. The summed E-state index contributed by atoms with van der Waals surface area (Å²) in [6.07, 6.45) is 0. The third-order valence-electron chi connectivity index (χ3n) is 3.49. The first-order valence-electron chi connectivity index (χ1n) is 7.34. The second kappa shape index (κ2) is 10.2. The molecule has 0 amide bonds. The van der Waals surface area contributed by atoms with E-state index in [1.165, 1.54) is 0 Å². The van der Waals surface area contributed by atoms with E-state index in [1.807, 2.05) is 43.3 Å². The van der Waals surface area contributed by atoms with Gasteiger partial charge in [-0.15, -0.1) is 24.0 Å². The van der Waals surface area contributed by atoms with Gasteiger partial charge in [0.2, 0.25) is 0 Å². The molecule has 0 saturated carbocycles. The Morgan fingerprint density at radius 3 is 2.46 bits per heavy atom. The lowest BCUT2D eigenvalue weighted by atomic mass is 10.1. The fourth-order valence-electron chi connectivity index (χ4n) is 2.19. The van der Waals surface area contributed by atoms with Gasteiger partial charge in [-0.1, -0.05) is 41.9 Å². The lowest BCUT2D eigenvalue weighted by Gasteiger charge is -2.19. The van der Waals surface area contributed by atoms with Gasteiger partial charge in [0, 0.05) is 18.6 Å². The van der Waals surface area contributed by atoms with E-state index < -0.39 is 0 Å². The van der Waals surface area contributed by atoms with Crippen LogP contribution in [0.1, 0.15) is 29.7 Å². The number of hydrogen-bond acceptors (Lipinski definition) is 2. The fraction of sp³-hybridized carbons (Fsp3) is 0.222. The molecule has 0 aliphatic heterocycles. The number of hydrogen-bond donors (Lipinski definition) is 2. The molecule has 0 heterocycles. The SMILES string of the molecule is CN=C(NCc1ccc(C#N)cc1)NC(C)c1ccccc1Cl.I. The number of nitriles is 1. The molecule has 0 fully saturated rings. The summed E-state index contributed by atoms with van der Waals surface area (Å²) in [7, 11) is 1.73. The molecule has 2 aromatic rings. The van der Waals surface area contributed by atoms with Crippen LogP contribution in [0.15, 0.2) is 53.5 Å². The van der Waals surface area contributed by atoms with Crippen molar-refractivity contribution in [2.24, 2.45) is 4.99 Å². The number of guanidine groups is 1. The Balaban J connectivity index is 0.00000288. The van der Waals surface area contributed by atoms with Gasteiger partial charge < -0.3 is 10.6 Å². The quantitative estimate of drug-likeness (QED) is 0.412. The summed E-state index contributed by atoms with van der Waals surface area (Å²) < 4.78 is 0. The van der Waals surface area contributed by atoms with E-state index in [9.17, 15) is 0 Å². The molecule has 0 radical (unpaired) electrons. The van der Waals surface area contributed by atoms with E-state index in [-0.39, 0.29) is 30.0 Å². The van der Waals surface area contributed by atoms with Gasteiger partial charge in [0.25, 0.3) is 0 Å². The molecule has 0 bridgehead atoms. The van der Waals surface area contributed by atoms with E-state index in [4.69, 9.17) is 16.9 Å². The largest absolute Gasteiger partial charge is 0.352 e. The summed E-state index contributed by atoms with van der Waals surface area (Å²) in [6.45, 7) is 2.66. The fourth-order valence-corrected chi connectivity index (χ4v) is 2.49. The van der Waals surface area contributed by atoms with Crippen LogP contribution in [0.5, 0.6) is 0 Å². The normalized spacial score (nSPS) is 11.8. The molecule has 4 nitrogen and oxygen atoms in total. The molecule has 24 heavy (non-hydrogen) atoms. The Hall–Kier alpha value is -1.78. The van der Waals surface area contributed by atoms with Gasteiger partial charge >= 0.3 is 0 Å². The van der Waals surface area contributed by atoms with E-state index in [1.54, 1.807) is 19.2 Å².